The van der Waals surface area contributed by atoms with Crippen molar-refractivity contribution in [3.05, 3.63) is 16.5 Å². The number of carbonyl (C=O) groups is 2. The first kappa shape index (κ1) is 19.9. The standard InChI is InChI=1S/C18H24N4O3S2/c1-9(2)19-17(24)20-15(23)11(4)26-18-22-21-16(25-18)14-8-12-7-10(3)5-6-13(12)27-14/h8-11H,5-7H2,1-4H3,(H2,19,20,23,24)/t10-,11-/m0/s1. The fraction of sp³-hybridized carbons (Fsp3) is 0.556. The van der Waals surface area contributed by atoms with Crippen molar-refractivity contribution < 1.29 is 14.0 Å². The molecule has 3 rings (SSSR count). The van der Waals surface area contributed by atoms with Crippen LogP contribution in [0, 0.1) is 5.92 Å². The van der Waals surface area contributed by atoms with E-state index in [1.54, 1.807) is 18.3 Å². The van der Waals surface area contributed by atoms with Gasteiger partial charge in [-0.25, -0.2) is 4.79 Å². The molecule has 2 aromatic rings. The van der Waals surface area contributed by atoms with Crippen molar-refractivity contribution in [2.45, 2.75) is 63.5 Å². The molecule has 1 aliphatic carbocycles. The fourth-order valence-corrected chi connectivity index (χ4v) is 4.70. The molecule has 0 radical (unpaired) electrons. The second-order valence-electron chi connectivity index (χ2n) is 7.16. The maximum Gasteiger partial charge on any atom is 0.321 e. The molecule has 0 aromatic carbocycles. The third-order valence-electron chi connectivity index (χ3n) is 4.25. The molecule has 2 atom stereocenters. The fourth-order valence-electron chi connectivity index (χ4n) is 2.88. The number of rotatable bonds is 5. The number of carbonyl (C=O) groups excluding carboxylic acids is 2. The van der Waals surface area contributed by atoms with Gasteiger partial charge in [0.25, 0.3) is 11.1 Å². The van der Waals surface area contributed by atoms with Crippen LogP contribution in [-0.4, -0.2) is 33.4 Å². The summed E-state index contributed by atoms with van der Waals surface area (Å²) >= 11 is 2.84. The van der Waals surface area contributed by atoms with Gasteiger partial charge < -0.3 is 9.73 Å². The van der Waals surface area contributed by atoms with E-state index in [4.69, 9.17) is 4.42 Å². The number of hydrogen-bond acceptors (Lipinski definition) is 7. The number of urea groups is 1. The molecule has 0 aliphatic heterocycles. The minimum absolute atomic E-state index is 0.0427. The monoisotopic (exact) mass is 408 g/mol. The van der Waals surface area contributed by atoms with Crippen LogP contribution in [0.5, 0.6) is 0 Å². The summed E-state index contributed by atoms with van der Waals surface area (Å²) in [6, 6.07) is 1.59. The SMILES string of the molecule is CC(C)NC(=O)NC(=O)[C@H](C)Sc1nnc(-c2cc3c(s2)CC[C@H](C)C3)o1. The zero-order valence-corrected chi connectivity index (χ0v) is 17.5. The molecule has 0 bridgehead atoms. The van der Waals surface area contributed by atoms with E-state index in [0.29, 0.717) is 17.0 Å². The predicted octanol–water partition coefficient (Wildman–Crippen LogP) is 3.64. The summed E-state index contributed by atoms with van der Waals surface area (Å²) in [5.41, 5.74) is 1.38. The highest BCUT2D eigenvalue weighted by molar-refractivity contribution is 8.00. The highest BCUT2D eigenvalue weighted by atomic mass is 32.2. The average Bonchev–Trinajstić information content (AvgIpc) is 3.19. The summed E-state index contributed by atoms with van der Waals surface area (Å²) in [5, 5.41) is 12.9. The first-order valence-electron chi connectivity index (χ1n) is 9.05. The van der Waals surface area contributed by atoms with Crippen molar-refractivity contribution in [1.82, 2.24) is 20.8 Å². The van der Waals surface area contributed by atoms with Crippen LogP contribution in [0.4, 0.5) is 4.79 Å². The van der Waals surface area contributed by atoms with Crippen LogP contribution in [-0.2, 0) is 17.6 Å². The molecule has 1 aliphatic rings. The van der Waals surface area contributed by atoms with Gasteiger partial charge in [0, 0.05) is 10.9 Å². The Morgan fingerprint density at radius 1 is 1.33 bits per heavy atom. The van der Waals surface area contributed by atoms with Crippen LogP contribution in [0.2, 0.25) is 0 Å². The van der Waals surface area contributed by atoms with Gasteiger partial charge >= 0.3 is 6.03 Å². The normalized spacial score (nSPS) is 17.4. The van der Waals surface area contributed by atoms with Crippen LogP contribution >= 0.6 is 23.1 Å². The van der Waals surface area contributed by atoms with Gasteiger partial charge in [0.2, 0.25) is 5.91 Å². The number of aromatic nitrogens is 2. The summed E-state index contributed by atoms with van der Waals surface area (Å²) in [6.07, 6.45) is 3.42. The Balaban J connectivity index is 1.61. The highest BCUT2D eigenvalue weighted by Crippen LogP contribution is 2.37. The number of nitrogens with one attached hydrogen (secondary N) is 2. The van der Waals surface area contributed by atoms with E-state index in [2.05, 4.69) is 33.8 Å². The first-order chi connectivity index (χ1) is 12.8. The van der Waals surface area contributed by atoms with E-state index in [0.717, 1.165) is 29.5 Å². The Morgan fingerprint density at radius 3 is 2.85 bits per heavy atom. The molecular formula is C18H24N4O3S2. The molecule has 2 aromatic heterocycles. The first-order valence-corrected chi connectivity index (χ1v) is 10.7. The number of hydrogen-bond donors (Lipinski definition) is 2. The van der Waals surface area contributed by atoms with Gasteiger partial charge in [-0.15, -0.1) is 21.5 Å². The van der Waals surface area contributed by atoms with Gasteiger partial charge in [-0.2, -0.15) is 0 Å². The summed E-state index contributed by atoms with van der Waals surface area (Å²) in [7, 11) is 0. The van der Waals surface area contributed by atoms with Crippen molar-refractivity contribution >= 4 is 35.0 Å². The topological polar surface area (TPSA) is 97.1 Å². The molecule has 7 nitrogen and oxygen atoms in total. The zero-order chi connectivity index (χ0) is 19.6. The highest BCUT2D eigenvalue weighted by Gasteiger charge is 2.23. The summed E-state index contributed by atoms with van der Waals surface area (Å²) in [5.74, 6) is 0.786. The van der Waals surface area contributed by atoms with Gasteiger partial charge in [-0.05, 0) is 57.6 Å². The molecule has 0 fully saturated rings. The van der Waals surface area contributed by atoms with E-state index < -0.39 is 17.2 Å². The second-order valence-corrected chi connectivity index (χ2v) is 9.59. The molecule has 0 unspecified atom stereocenters. The molecule has 0 spiro atoms. The number of fused-ring (bicyclic) bond motifs is 1. The molecule has 27 heavy (non-hydrogen) atoms. The minimum atomic E-state index is -0.534. The van der Waals surface area contributed by atoms with E-state index >= 15 is 0 Å². The lowest BCUT2D eigenvalue weighted by Crippen LogP contribution is -2.45. The van der Waals surface area contributed by atoms with Crippen molar-refractivity contribution in [3.63, 3.8) is 0 Å². The smallest absolute Gasteiger partial charge is 0.321 e. The number of thioether (sulfide) groups is 1. The van der Waals surface area contributed by atoms with Crippen LogP contribution in [0.3, 0.4) is 0 Å². The number of imide groups is 1. The van der Waals surface area contributed by atoms with E-state index in [-0.39, 0.29) is 6.04 Å². The molecule has 3 amide bonds. The summed E-state index contributed by atoms with van der Waals surface area (Å²) < 4.78 is 5.74. The summed E-state index contributed by atoms with van der Waals surface area (Å²) in [4.78, 5) is 26.1. The van der Waals surface area contributed by atoms with Crippen molar-refractivity contribution in [1.29, 1.82) is 0 Å². The Labute approximate surface area is 166 Å². The maximum atomic E-state index is 12.1. The zero-order valence-electron chi connectivity index (χ0n) is 15.9. The van der Waals surface area contributed by atoms with Crippen LogP contribution < -0.4 is 10.6 Å². The van der Waals surface area contributed by atoms with E-state index in [1.165, 1.54) is 16.9 Å². The van der Waals surface area contributed by atoms with E-state index in [9.17, 15) is 9.59 Å². The maximum absolute atomic E-state index is 12.1. The van der Waals surface area contributed by atoms with Crippen molar-refractivity contribution in [2.75, 3.05) is 0 Å². The van der Waals surface area contributed by atoms with Crippen molar-refractivity contribution in [3.8, 4) is 10.8 Å². The lowest BCUT2D eigenvalue weighted by molar-refractivity contribution is -0.119. The van der Waals surface area contributed by atoms with Crippen LogP contribution in [0.25, 0.3) is 10.8 Å². The van der Waals surface area contributed by atoms with Gasteiger partial charge in [0.05, 0.1) is 10.1 Å². The molecule has 2 heterocycles. The largest absolute Gasteiger partial charge is 0.410 e. The van der Waals surface area contributed by atoms with Gasteiger partial charge in [0.1, 0.15) is 0 Å². The van der Waals surface area contributed by atoms with Crippen LogP contribution in [0.1, 0.15) is 44.6 Å². The van der Waals surface area contributed by atoms with Crippen LogP contribution in [0.15, 0.2) is 15.7 Å². The Morgan fingerprint density at radius 2 is 2.11 bits per heavy atom. The third kappa shape index (κ3) is 5.10. The van der Waals surface area contributed by atoms with Gasteiger partial charge in [-0.3, -0.25) is 10.1 Å². The lowest BCUT2D eigenvalue weighted by Gasteiger charge is -2.16. The third-order valence-corrected chi connectivity index (χ3v) is 6.41. The Kier molecular flexibility index (Phi) is 6.21. The second kappa shape index (κ2) is 8.43. The van der Waals surface area contributed by atoms with Gasteiger partial charge in [-0.1, -0.05) is 18.7 Å². The molecular weight excluding hydrogens is 384 g/mol. The molecule has 0 saturated carbocycles. The number of amides is 3. The lowest BCUT2D eigenvalue weighted by atomic mass is 9.90. The number of nitrogens with zero attached hydrogens (tertiary/aromatic N) is 2. The predicted molar refractivity (Wildman–Crippen MR) is 106 cm³/mol. The molecule has 2 N–H and O–H groups in total. The molecule has 9 heteroatoms. The molecule has 146 valence electrons. The number of thiophene rings is 1. The van der Waals surface area contributed by atoms with Gasteiger partial charge in [0.15, 0.2) is 0 Å². The van der Waals surface area contributed by atoms with E-state index in [1.807, 2.05) is 13.8 Å². The average molecular weight is 409 g/mol. The minimum Gasteiger partial charge on any atom is -0.410 e. The number of aryl methyl sites for hydroxylation is 1. The van der Waals surface area contributed by atoms with Crippen molar-refractivity contribution in [2.24, 2.45) is 5.92 Å². The quantitative estimate of drug-likeness (QED) is 0.733. The Hall–Kier alpha value is -1.87. The summed E-state index contributed by atoms with van der Waals surface area (Å²) in [6.45, 7) is 7.61. The molecule has 0 saturated heterocycles. The Bertz CT molecular complexity index is 830.